The Morgan fingerprint density at radius 2 is 1.89 bits per heavy atom. The summed E-state index contributed by atoms with van der Waals surface area (Å²) in [5.41, 5.74) is 2.47. The van der Waals surface area contributed by atoms with Gasteiger partial charge in [0.2, 0.25) is 0 Å². The molecule has 0 aliphatic rings. The van der Waals surface area contributed by atoms with Crippen LogP contribution in [0.3, 0.4) is 0 Å². The van der Waals surface area contributed by atoms with Crippen molar-refractivity contribution in [3.05, 3.63) is 58.8 Å². The molecule has 1 heterocycles. The topological polar surface area (TPSA) is 24.9 Å². The molecule has 1 aromatic carbocycles. The van der Waals surface area contributed by atoms with Crippen molar-refractivity contribution in [2.45, 2.75) is 32.2 Å². The van der Waals surface area contributed by atoms with Crippen molar-refractivity contribution < 1.29 is 0 Å². The standard InChI is InChI=1S/C16H19BrN2/c1-16(2,9-8-13-6-4-3-5-7-13)19-15-10-14(17)11-18-12-15/h3-7,10-12,19H,8-9H2,1-2H3. The van der Waals surface area contributed by atoms with E-state index in [1.807, 2.05) is 6.20 Å². The molecule has 2 nitrogen and oxygen atoms in total. The molecule has 19 heavy (non-hydrogen) atoms. The van der Waals surface area contributed by atoms with Gasteiger partial charge in [-0.05, 0) is 54.2 Å². The number of anilines is 1. The number of hydrogen-bond donors (Lipinski definition) is 1. The molecule has 0 saturated carbocycles. The van der Waals surface area contributed by atoms with E-state index < -0.39 is 0 Å². The van der Waals surface area contributed by atoms with Crippen molar-refractivity contribution in [2.24, 2.45) is 0 Å². The molecule has 0 atom stereocenters. The van der Waals surface area contributed by atoms with E-state index in [9.17, 15) is 0 Å². The third-order valence-corrected chi connectivity index (χ3v) is 3.50. The summed E-state index contributed by atoms with van der Waals surface area (Å²) in [4.78, 5) is 4.18. The zero-order valence-corrected chi connectivity index (χ0v) is 12.9. The smallest absolute Gasteiger partial charge is 0.0542 e. The minimum Gasteiger partial charge on any atom is -0.379 e. The van der Waals surface area contributed by atoms with Crippen LogP contribution in [0.5, 0.6) is 0 Å². The Morgan fingerprint density at radius 3 is 2.58 bits per heavy atom. The second kappa shape index (κ2) is 6.20. The number of benzene rings is 1. The number of halogens is 1. The Hall–Kier alpha value is -1.35. The van der Waals surface area contributed by atoms with E-state index in [1.54, 1.807) is 6.20 Å². The van der Waals surface area contributed by atoms with E-state index in [1.165, 1.54) is 5.56 Å². The summed E-state index contributed by atoms with van der Waals surface area (Å²) in [6, 6.07) is 12.6. The fourth-order valence-electron chi connectivity index (χ4n) is 2.03. The molecule has 1 aromatic heterocycles. The first-order chi connectivity index (χ1) is 9.05. The molecule has 0 spiro atoms. The highest BCUT2D eigenvalue weighted by Crippen LogP contribution is 2.21. The Kier molecular flexibility index (Phi) is 4.59. The molecule has 0 unspecified atom stereocenters. The summed E-state index contributed by atoms with van der Waals surface area (Å²) in [6.07, 6.45) is 5.79. The SMILES string of the molecule is CC(C)(CCc1ccccc1)Nc1cncc(Br)c1. The Morgan fingerprint density at radius 1 is 1.16 bits per heavy atom. The second-order valence-electron chi connectivity index (χ2n) is 5.39. The van der Waals surface area contributed by atoms with Crippen molar-refractivity contribution in [1.29, 1.82) is 0 Å². The van der Waals surface area contributed by atoms with Gasteiger partial charge in [0.1, 0.15) is 0 Å². The average molecular weight is 319 g/mol. The maximum absolute atomic E-state index is 4.18. The quantitative estimate of drug-likeness (QED) is 0.866. The van der Waals surface area contributed by atoms with E-state index in [-0.39, 0.29) is 5.54 Å². The van der Waals surface area contributed by atoms with Crippen LogP contribution in [0, 0.1) is 0 Å². The van der Waals surface area contributed by atoms with Crippen LogP contribution in [0.2, 0.25) is 0 Å². The normalized spacial score (nSPS) is 11.3. The molecule has 0 fully saturated rings. The van der Waals surface area contributed by atoms with Gasteiger partial charge in [0.05, 0.1) is 11.9 Å². The summed E-state index contributed by atoms with van der Waals surface area (Å²) >= 11 is 3.44. The van der Waals surface area contributed by atoms with Gasteiger partial charge in [-0.25, -0.2) is 0 Å². The van der Waals surface area contributed by atoms with Crippen molar-refractivity contribution in [3.8, 4) is 0 Å². The lowest BCUT2D eigenvalue weighted by atomic mass is 9.95. The summed E-state index contributed by atoms with van der Waals surface area (Å²) in [7, 11) is 0. The van der Waals surface area contributed by atoms with Crippen LogP contribution in [0.1, 0.15) is 25.8 Å². The van der Waals surface area contributed by atoms with E-state index in [2.05, 4.69) is 76.5 Å². The second-order valence-corrected chi connectivity index (χ2v) is 6.30. The van der Waals surface area contributed by atoms with Gasteiger partial charge in [0, 0.05) is 16.2 Å². The molecular weight excluding hydrogens is 300 g/mol. The molecule has 2 rings (SSSR count). The predicted molar refractivity (Wildman–Crippen MR) is 84.4 cm³/mol. The highest BCUT2D eigenvalue weighted by Gasteiger charge is 2.17. The van der Waals surface area contributed by atoms with Crippen molar-refractivity contribution in [3.63, 3.8) is 0 Å². The summed E-state index contributed by atoms with van der Waals surface area (Å²) in [5, 5.41) is 3.54. The van der Waals surface area contributed by atoms with Gasteiger partial charge in [-0.2, -0.15) is 0 Å². The summed E-state index contributed by atoms with van der Waals surface area (Å²) in [6.45, 7) is 4.44. The zero-order valence-electron chi connectivity index (χ0n) is 11.4. The molecule has 1 N–H and O–H groups in total. The largest absolute Gasteiger partial charge is 0.379 e. The highest BCUT2D eigenvalue weighted by molar-refractivity contribution is 9.10. The van der Waals surface area contributed by atoms with Crippen LogP contribution in [0.15, 0.2) is 53.3 Å². The first-order valence-corrected chi connectivity index (χ1v) is 7.27. The van der Waals surface area contributed by atoms with Crippen LogP contribution < -0.4 is 5.32 Å². The number of nitrogens with one attached hydrogen (secondary N) is 1. The minimum absolute atomic E-state index is 0.0400. The molecule has 0 aliphatic carbocycles. The van der Waals surface area contributed by atoms with Crippen molar-refractivity contribution in [1.82, 2.24) is 4.98 Å². The van der Waals surface area contributed by atoms with E-state index in [0.717, 1.165) is 23.0 Å². The number of hydrogen-bond acceptors (Lipinski definition) is 2. The lowest BCUT2D eigenvalue weighted by Gasteiger charge is -2.27. The van der Waals surface area contributed by atoms with Crippen LogP contribution in [0.4, 0.5) is 5.69 Å². The predicted octanol–water partition coefficient (Wildman–Crippen LogP) is 4.67. The molecule has 0 amide bonds. The van der Waals surface area contributed by atoms with Crippen LogP contribution >= 0.6 is 15.9 Å². The number of rotatable bonds is 5. The molecule has 0 radical (unpaired) electrons. The van der Waals surface area contributed by atoms with Crippen LogP contribution in [-0.4, -0.2) is 10.5 Å². The number of pyridine rings is 1. The molecule has 2 aromatic rings. The van der Waals surface area contributed by atoms with Crippen LogP contribution in [-0.2, 0) is 6.42 Å². The average Bonchev–Trinajstić information content (AvgIpc) is 2.37. The first kappa shape index (κ1) is 14.1. The maximum Gasteiger partial charge on any atom is 0.0542 e. The first-order valence-electron chi connectivity index (χ1n) is 6.48. The number of aryl methyl sites for hydroxylation is 1. The van der Waals surface area contributed by atoms with Crippen molar-refractivity contribution >= 4 is 21.6 Å². The molecule has 3 heteroatoms. The van der Waals surface area contributed by atoms with E-state index in [0.29, 0.717) is 0 Å². The van der Waals surface area contributed by atoms with Gasteiger partial charge in [0.25, 0.3) is 0 Å². The third-order valence-electron chi connectivity index (χ3n) is 3.07. The van der Waals surface area contributed by atoms with E-state index >= 15 is 0 Å². The Bertz CT molecular complexity index is 523. The van der Waals surface area contributed by atoms with Crippen LogP contribution in [0.25, 0.3) is 0 Å². The molecular formula is C16H19BrN2. The van der Waals surface area contributed by atoms with Gasteiger partial charge in [-0.15, -0.1) is 0 Å². The maximum atomic E-state index is 4.18. The number of nitrogens with zero attached hydrogens (tertiary/aromatic N) is 1. The zero-order chi connectivity index (χ0) is 13.7. The number of aromatic nitrogens is 1. The highest BCUT2D eigenvalue weighted by atomic mass is 79.9. The van der Waals surface area contributed by atoms with Gasteiger partial charge >= 0.3 is 0 Å². The van der Waals surface area contributed by atoms with Gasteiger partial charge in [0.15, 0.2) is 0 Å². The molecule has 0 saturated heterocycles. The van der Waals surface area contributed by atoms with Crippen molar-refractivity contribution in [2.75, 3.05) is 5.32 Å². The fourth-order valence-corrected chi connectivity index (χ4v) is 2.40. The van der Waals surface area contributed by atoms with E-state index in [4.69, 9.17) is 0 Å². The molecule has 100 valence electrons. The third kappa shape index (κ3) is 4.67. The Labute approximate surface area is 123 Å². The van der Waals surface area contributed by atoms with Gasteiger partial charge in [-0.3, -0.25) is 4.98 Å². The fraction of sp³-hybridized carbons (Fsp3) is 0.312. The van der Waals surface area contributed by atoms with Gasteiger partial charge < -0.3 is 5.32 Å². The summed E-state index contributed by atoms with van der Waals surface area (Å²) in [5.74, 6) is 0. The lowest BCUT2D eigenvalue weighted by molar-refractivity contribution is 0.518. The Balaban J connectivity index is 1.95. The molecule has 0 bridgehead atoms. The lowest BCUT2D eigenvalue weighted by Crippen LogP contribution is -2.31. The van der Waals surface area contributed by atoms with Gasteiger partial charge in [-0.1, -0.05) is 30.3 Å². The monoisotopic (exact) mass is 318 g/mol. The summed E-state index contributed by atoms with van der Waals surface area (Å²) < 4.78 is 0.997. The molecule has 0 aliphatic heterocycles. The minimum atomic E-state index is 0.0400.